The van der Waals surface area contributed by atoms with Gasteiger partial charge in [-0.3, -0.25) is 9.80 Å². The SMILES string of the molecule is CC(=CCN1CCN(CCO)CC1)c1ccccc1-c1ccccc1. The summed E-state index contributed by atoms with van der Waals surface area (Å²) in [6.07, 6.45) is 2.35. The molecule has 0 aromatic heterocycles. The molecule has 25 heavy (non-hydrogen) atoms. The molecule has 0 saturated carbocycles. The van der Waals surface area contributed by atoms with Gasteiger partial charge in [-0.25, -0.2) is 0 Å². The fourth-order valence-corrected chi connectivity index (χ4v) is 3.41. The Hall–Kier alpha value is -1.94. The number of β-amino-alcohol motifs (C(OH)–C–C–N with tert-alkyl or cyclic N) is 1. The number of piperazine rings is 1. The van der Waals surface area contributed by atoms with Crippen LogP contribution in [0.3, 0.4) is 0 Å². The van der Waals surface area contributed by atoms with Gasteiger partial charge in [0.15, 0.2) is 0 Å². The van der Waals surface area contributed by atoms with Crippen molar-refractivity contribution in [3.05, 3.63) is 66.2 Å². The molecule has 1 saturated heterocycles. The largest absolute Gasteiger partial charge is 0.395 e. The Morgan fingerprint density at radius 1 is 0.920 bits per heavy atom. The lowest BCUT2D eigenvalue weighted by Gasteiger charge is -2.33. The van der Waals surface area contributed by atoms with Gasteiger partial charge < -0.3 is 5.11 Å². The van der Waals surface area contributed by atoms with Crippen molar-refractivity contribution in [3.8, 4) is 11.1 Å². The topological polar surface area (TPSA) is 26.7 Å². The predicted octanol–water partition coefficient (Wildman–Crippen LogP) is 3.37. The Labute approximate surface area is 151 Å². The van der Waals surface area contributed by atoms with E-state index >= 15 is 0 Å². The normalized spacial score (nSPS) is 17.0. The fourth-order valence-electron chi connectivity index (χ4n) is 3.41. The molecule has 0 bridgehead atoms. The quantitative estimate of drug-likeness (QED) is 0.876. The third-order valence-electron chi connectivity index (χ3n) is 4.97. The summed E-state index contributed by atoms with van der Waals surface area (Å²) in [5, 5.41) is 9.04. The number of allylic oxidation sites excluding steroid dienone is 1. The van der Waals surface area contributed by atoms with E-state index in [9.17, 15) is 0 Å². The number of rotatable bonds is 6. The molecule has 1 heterocycles. The zero-order chi connectivity index (χ0) is 17.5. The first-order valence-corrected chi connectivity index (χ1v) is 9.15. The molecule has 3 heteroatoms. The number of aliphatic hydroxyl groups is 1. The van der Waals surface area contributed by atoms with Crippen molar-refractivity contribution < 1.29 is 5.11 Å². The first-order valence-electron chi connectivity index (χ1n) is 9.15. The van der Waals surface area contributed by atoms with Gasteiger partial charge in [0.2, 0.25) is 0 Å². The molecule has 3 rings (SSSR count). The molecule has 0 unspecified atom stereocenters. The summed E-state index contributed by atoms with van der Waals surface area (Å²) in [4.78, 5) is 4.82. The van der Waals surface area contributed by atoms with E-state index in [1.807, 2.05) is 0 Å². The van der Waals surface area contributed by atoms with E-state index in [4.69, 9.17) is 5.11 Å². The van der Waals surface area contributed by atoms with Crippen LogP contribution in [0.15, 0.2) is 60.7 Å². The second-order valence-corrected chi connectivity index (χ2v) is 6.66. The average molecular weight is 336 g/mol. The summed E-state index contributed by atoms with van der Waals surface area (Å²) in [5.41, 5.74) is 5.21. The molecule has 0 spiro atoms. The van der Waals surface area contributed by atoms with E-state index in [0.29, 0.717) is 0 Å². The van der Waals surface area contributed by atoms with Crippen LogP contribution in [-0.2, 0) is 0 Å². The Morgan fingerprint density at radius 2 is 1.56 bits per heavy atom. The Balaban J connectivity index is 1.68. The number of benzene rings is 2. The maximum Gasteiger partial charge on any atom is 0.0558 e. The third-order valence-corrected chi connectivity index (χ3v) is 4.97. The first kappa shape index (κ1) is 17.9. The molecular formula is C22H28N2O. The molecule has 0 aliphatic carbocycles. The Kier molecular flexibility index (Phi) is 6.40. The molecule has 132 valence electrons. The lowest BCUT2D eigenvalue weighted by Crippen LogP contribution is -2.47. The van der Waals surface area contributed by atoms with Crippen LogP contribution in [0.25, 0.3) is 16.7 Å². The van der Waals surface area contributed by atoms with Crippen LogP contribution in [0, 0.1) is 0 Å². The molecule has 1 N–H and O–H groups in total. The van der Waals surface area contributed by atoms with Crippen molar-refractivity contribution in [1.82, 2.24) is 9.80 Å². The van der Waals surface area contributed by atoms with E-state index in [-0.39, 0.29) is 6.61 Å². The van der Waals surface area contributed by atoms with Gasteiger partial charge in [0, 0.05) is 39.3 Å². The maximum atomic E-state index is 9.04. The molecule has 1 fully saturated rings. The third kappa shape index (κ3) is 4.79. The zero-order valence-electron chi connectivity index (χ0n) is 15.1. The summed E-state index contributed by atoms with van der Waals surface area (Å²) in [6.45, 7) is 8.50. The van der Waals surface area contributed by atoms with Gasteiger partial charge in [0.25, 0.3) is 0 Å². The second-order valence-electron chi connectivity index (χ2n) is 6.66. The highest BCUT2D eigenvalue weighted by atomic mass is 16.3. The minimum atomic E-state index is 0.259. The van der Waals surface area contributed by atoms with Crippen molar-refractivity contribution in [2.24, 2.45) is 0 Å². The Morgan fingerprint density at radius 3 is 2.28 bits per heavy atom. The van der Waals surface area contributed by atoms with Gasteiger partial charge in [0.1, 0.15) is 0 Å². The molecular weight excluding hydrogens is 308 g/mol. The van der Waals surface area contributed by atoms with Gasteiger partial charge in [-0.1, -0.05) is 60.7 Å². The zero-order valence-corrected chi connectivity index (χ0v) is 15.1. The predicted molar refractivity (Wildman–Crippen MR) is 105 cm³/mol. The Bertz CT molecular complexity index is 688. The van der Waals surface area contributed by atoms with Gasteiger partial charge >= 0.3 is 0 Å². The van der Waals surface area contributed by atoms with Crippen molar-refractivity contribution in [2.45, 2.75) is 6.92 Å². The molecule has 1 aliphatic rings. The molecule has 3 nitrogen and oxygen atoms in total. The van der Waals surface area contributed by atoms with Crippen LogP contribution in [-0.4, -0.2) is 60.8 Å². The first-order chi connectivity index (χ1) is 12.3. The second kappa shape index (κ2) is 8.95. The highest BCUT2D eigenvalue weighted by Crippen LogP contribution is 2.28. The van der Waals surface area contributed by atoms with Gasteiger partial charge in [0.05, 0.1) is 6.61 Å². The minimum absolute atomic E-state index is 0.259. The van der Waals surface area contributed by atoms with Crippen molar-refractivity contribution in [3.63, 3.8) is 0 Å². The highest BCUT2D eigenvalue weighted by molar-refractivity contribution is 5.80. The number of hydrogen-bond donors (Lipinski definition) is 1. The van der Waals surface area contributed by atoms with Crippen molar-refractivity contribution in [2.75, 3.05) is 45.9 Å². The minimum Gasteiger partial charge on any atom is -0.395 e. The van der Waals surface area contributed by atoms with E-state index in [0.717, 1.165) is 39.3 Å². The van der Waals surface area contributed by atoms with Crippen molar-refractivity contribution >= 4 is 5.57 Å². The molecule has 2 aromatic rings. The summed E-state index contributed by atoms with van der Waals surface area (Å²) in [6, 6.07) is 19.2. The average Bonchev–Trinajstić information content (AvgIpc) is 2.68. The standard InChI is InChI=1S/C22H28N2O/c1-19(11-12-23-13-15-24(16-14-23)17-18-25)21-9-5-6-10-22(21)20-7-3-2-4-8-20/h2-11,25H,12-18H2,1H3. The van der Waals surface area contributed by atoms with E-state index < -0.39 is 0 Å². The van der Waals surface area contributed by atoms with E-state index in [1.54, 1.807) is 0 Å². The van der Waals surface area contributed by atoms with E-state index in [1.165, 1.54) is 22.3 Å². The van der Waals surface area contributed by atoms with Crippen molar-refractivity contribution in [1.29, 1.82) is 0 Å². The summed E-state index contributed by atoms with van der Waals surface area (Å²) >= 11 is 0. The monoisotopic (exact) mass is 336 g/mol. The lowest BCUT2D eigenvalue weighted by atomic mass is 9.95. The fraction of sp³-hybridized carbons (Fsp3) is 0.364. The van der Waals surface area contributed by atoms with Crippen LogP contribution < -0.4 is 0 Å². The maximum absolute atomic E-state index is 9.04. The number of nitrogens with zero attached hydrogens (tertiary/aromatic N) is 2. The summed E-state index contributed by atoms with van der Waals surface area (Å²) in [5.74, 6) is 0. The molecule has 2 aromatic carbocycles. The van der Waals surface area contributed by atoms with Crippen LogP contribution in [0.2, 0.25) is 0 Å². The summed E-state index contributed by atoms with van der Waals surface area (Å²) in [7, 11) is 0. The van der Waals surface area contributed by atoms with Gasteiger partial charge in [-0.2, -0.15) is 0 Å². The number of aliphatic hydroxyl groups excluding tert-OH is 1. The summed E-state index contributed by atoms with van der Waals surface area (Å²) < 4.78 is 0. The van der Waals surface area contributed by atoms with Gasteiger partial charge in [-0.05, 0) is 29.2 Å². The molecule has 1 aliphatic heterocycles. The van der Waals surface area contributed by atoms with Gasteiger partial charge in [-0.15, -0.1) is 0 Å². The van der Waals surface area contributed by atoms with Crippen LogP contribution in [0.4, 0.5) is 0 Å². The number of hydrogen-bond acceptors (Lipinski definition) is 3. The lowest BCUT2D eigenvalue weighted by molar-refractivity contribution is 0.120. The molecule has 0 atom stereocenters. The van der Waals surface area contributed by atoms with E-state index in [2.05, 4.69) is 77.4 Å². The van der Waals surface area contributed by atoms with Crippen LogP contribution >= 0.6 is 0 Å². The molecule has 0 radical (unpaired) electrons. The smallest absolute Gasteiger partial charge is 0.0558 e. The highest BCUT2D eigenvalue weighted by Gasteiger charge is 2.15. The van der Waals surface area contributed by atoms with Crippen LogP contribution in [0.1, 0.15) is 12.5 Å². The molecule has 0 amide bonds. The van der Waals surface area contributed by atoms with Crippen LogP contribution in [0.5, 0.6) is 0 Å².